The Hall–Kier alpha value is -1.42. The van der Waals surface area contributed by atoms with E-state index in [2.05, 4.69) is 15.9 Å². The number of halogens is 1. The van der Waals surface area contributed by atoms with E-state index < -0.39 is 18.2 Å². The Balaban J connectivity index is 3.00. The Labute approximate surface area is 106 Å². The average molecular weight is 300 g/mol. The van der Waals surface area contributed by atoms with Gasteiger partial charge in [0.25, 0.3) is 0 Å². The molecule has 0 aliphatic carbocycles. The summed E-state index contributed by atoms with van der Waals surface area (Å²) in [5, 5.41) is 36.4. The van der Waals surface area contributed by atoms with E-state index in [9.17, 15) is 15.0 Å². The number of nitriles is 1. The molecule has 2 unspecified atom stereocenters. The molecule has 1 rings (SSSR count). The number of nitrogens with zero attached hydrogens (tertiary/aromatic N) is 1. The lowest BCUT2D eigenvalue weighted by Crippen LogP contribution is -2.18. The van der Waals surface area contributed by atoms with E-state index in [-0.39, 0.29) is 12.0 Å². The van der Waals surface area contributed by atoms with Gasteiger partial charge in [-0.3, -0.25) is 0 Å². The minimum atomic E-state index is -1.23. The first-order chi connectivity index (χ1) is 7.97. The maximum atomic E-state index is 10.7. The van der Waals surface area contributed by atoms with Crippen LogP contribution in [-0.2, 0) is 0 Å². The number of carboxylic acids is 1. The molecule has 6 heteroatoms. The monoisotopic (exact) mass is 299 g/mol. The molecule has 17 heavy (non-hydrogen) atoms. The number of carbonyl (C=O) groups is 1. The van der Waals surface area contributed by atoms with Gasteiger partial charge in [0.05, 0.1) is 24.2 Å². The van der Waals surface area contributed by atoms with Gasteiger partial charge in [0.15, 0.2) is 0 Å². The van der Waals surface area contributed by atoms with Crippen LogP contribution in [0.2, 0.25) is 0 Å². The lowest BCUT2D eigenvalue weighted by molar-refractivity contribution is 0.0212. The molecule has 0 radical (unpaired) electrons. The highest BCUT2D eigenvalue weighted by Gasteiger charge is 2.21. The predicted molar refractivity (Wildman–Crippen MR) is 62.3 cm³/mol. The molecule has 1 aromatic rings. The summed E-state index contributed by atoms with van der Waals surface area (Å²) in [6.45, 7) is 0. The van der Waals surface area contributed by atoms with E-state index >= 15 is 0 Å². The Kier molecular flexibility index (Phi) is 4.63. The summed E-state index contributed by atoms with van der Waals surface area (Å²) in [5.41, 5.74) is 0.417. The number of rotatable bonds is 4. The van der Waals surface area contributed by atoms with Crippen LogP contribution in [0.5, 0.6) is 0 Å². The molecule has 0 amide bonds. The first-order valence-corrected chi connectivity index (χ1v) is 5.52. The fraction of sp³-hybridized carbons (Fsp3) is 0.273. The van der Waals surface area contributed by atoms with E-state index in [1.54, 1.807) is 6.07 Å². The summed E-state index contributed by atoms with van der Waals surface area (Å²) in [7, 11) is 0. The van der Waals surface area contributed by atoms with Crippen LogP contribution in [0.1, 0.15) is 28.4 Å². The third kappa shape index (κ3) is 3.27. The van der Waals surface area contributed by atoms with Crippen LogP contribution in [0.3, 0.4) is 0 Å². The van der Waals surface area contributed by atoms with Crippen LogP contribution >= 0.6 is 15.9 Å². The van der Waals surface area contributed by atoms with E-state index in [1.165, 1.54) is 18.2 Å². The largest absolute Gasteiger partial charge is 0.478 e. The smallest absolute Gasteiger partial charge is 0.335 e. The van der Waals surface area contributed by atoms with Gasteiger partial charge in [-0.15, -0.1) is 0 Å². The Bertz CT molecular complexity index is 469. The van der Waals surface area contributed by atoms with Crippen LogP contribution in [0, 0.1) is 11.3 Å². The maximum absolute atomic E-state index is 10.7. The number of aromatic carboxylic acids is 1. The molecule has 0 aliphatic rings. The van der Waals surface area contributed by atoms with Gasteiger partial charge in [-0.05, 0) is 17.7 Å². The zero-order valence-corrected chi connectivity index (χ0v) is 10.3. The molecule has 0 saturated carbocycles. The highest BCUT2D eigenvalue weighted by molar-refractivity contribution is 9.10. The molecule has 0 aliphatic heterocycles. The van der Waals surface area contributed by atoms with E-state index in [4.69, 9.17) is 10.4 Å². The molecule has 1 aromatic carbocycles. The number of hydrogen-bond donors (Lipinski definition) is 3. The molecule has 3 N–H and O–H groups in total. The molecule has 0 heterocycles. The second-order valence-electron chi connectivity index (χ2n) is 3.42. The van der Waals surface area contributed by atoms with Gasteiger partial charge < -0.3 is 15.3 Å². The number of carboxylic acid groups (broad SMARTS) is 1. The van der Waals surface area contributed by atoms with Crippen molar-refractivity contribution in [1.29, 1.82) is 5.26 Å². The van der Waals surface area contributed by atoms with Crippen LogP contribution in [0.15, 0.2) is 22.7 Å². The minimum Gasteiger partial charge on any atom is -0.478 e. The average Bonchev–Trinajstić information content (AvgIpc) is 2.28. The predicted octanol–water partition coefficient (Wildman–Crippen LogP) is 1.46. The van der Waals surface area contributed by atoms with Crippen LogP contribution < -0.4 is 0 Å². The summed E-state index contributed by atoms with van der Waals surface area (Å²) in [4.78, 5) is 10.7. The number of aliphatic hydroxyl groups excluding tert-OH is 2. The summed E-state index contributed by atoms with van der Waals surface area (Å²) < 4.78 is 0.377. The molecule has 0 spiro atoms. The van der Waals surface area contributed by atoms with Gasteiger partial charge in [0.1, 0.15) is 6.10 Å². The first kappa shape index (κ1) is 13.6. The maximum Gasteiger partial charge on any atom is 0.335 e. The molecule has 90 valence electrons. The SMILES string of the molecule is N#CCC(O)C(O)c1ccc(C(=O)O)cc1Br. The zero-order chi connectivity index (χ0) is 13.0. The molecule has 0 fully saturated rings. The van der Waals surface area contributed by atoms with Crippen molar-refractivity contribution >= 4 is 21.9 Å². The molecular weight excluding hydrogens is 290 g/mol. The number of benzene rings is 1. The fourth-order valence-corrected chi connectivity index (χ4v) is 1.93. The highest BCUT2D eigenvalue weighted by Crippen LogP contribution is 2.27. The van der Waals surface area contributed by atoms with Crippen LogP contribution in [0.25, 0.3) is 0 Å². The minimum absolute atomic E-state index is 0.0718. The van der Waals surface area contributed by atoms with Gasteiger partial charge in [-0.1, -0.05) is 22.0 Å². The fourth-order valence-electron chi connectivity index (χ4n) is 1.31. The molecule has 2 atom stereocenters. The van der Waals surface area contributed by atoms with Crippen molar-refractivity contribution < 1.29 is 20.1 Å². The summed E-state index contributed by atoms with van der Waals surface area (Å²) in [6.07, 6.45) is -2.63. The van der Waals surface area contributed by atoms with Gasteiger partial charge in [-0.2, -0.15) is 5.26 Å². The number of aliphatic hydroxyl groups is 2. The zero-order valence-electron chi connectivity index (χ0n) is 8.67. The van der Waals surface area contributed by atoms with E-state index in [1.807, 2.05) is 0 Å². The van der Waals surface area contributed by atoms with Crippen molar-refractivity contribution in [2.45, 2.75) is 18.6 Å². The van der Waals surface area contributed by atoms with E-state index in [0.717, 1.165) is 0 Å². The Morgan fingerprint density at radius 3 is 2.59 bits per heavy atom. The van der Waals surface area contributed by atoms with Crippen molar-refractivity contribution in [2.75, 3.05) is 0 Å². The molecule has 0 aromatic heterocycles. The lowest BCUT2D eigenvalue weighted by atomic mass is 10.0. The van der Waals surface area contributed by atoms with Crippen LogP contribution in [0.4, 0.5) is 0 Å². The number of hydrogen-bond acceptors (Lipinski definition) is 4. The summed E-state index contributed by atoms with van der Waals surface area (Å²) >= 11 is 3.12. The van der Waals surface area contributed by atoms with Crippen molar-refractivity contribution in [3.8, 4) is 6.07 Å². The summed E-state index contributed by atoms with van der Waals surface area (Å²) in [6, 6.07) is 5.81. The van der Waals surface area contributed by atoms with E-state index in [0.29, 0.717) is 10.0 Å². The van der Waals surface area contributed by atoms with Crippen molar-refractivity contribution in [3.63, 3.8) is 0 Å². The van der Waals surface area contributed by atoms with Crippen molar-refractivity contribution in [2.24, 2.45) is 0 Å². The lowest BCUT2D eigenvalue weighted by Gasteiger charge is -2.17. The Morgan fingerprint density at radius 2 is 2.12 bits per heavy atom. The summed E-state index contributed by atoms with van der Waals surface area (Å²) in [5.74, 6) is -1.08. The topological polar surface area (TPSA) is 102 Å². The van der Waals surface area contributed by atoms with Gasteiger partial charge >= 0.3 is 5.97 Å². The molecule has 0 bridgehead atoms. The first-order valence-electron chi connectivity index (χ1n) is 4.73. The second kappa shape index (κ2) is 5.77. The second-order valence-corrected chi connectivity index (χ2v) is 4.27. The molecular formula is C11H10BrNO4. The van der Waals surface area contributed by atoms with Gasteiger partial charge in [0, 0.05) is 4.47 Å². The standard InChI is InChI=1S/C11H10BrNO4/c12-8-5-6(11(16)17)1-2-7(8)10(15)9(14)3-4-13/h1-2,5,9-10,14-15H,3H2,(H,16,17). The van der Waals surface area contributed by atoms with Crippen molar-refractivity contribution in [3.05, 3.63) is 33.8 Å². The highest BCUT2D eigenvalue weighted by atomic mass is 79.9. The van der Waals surface area contributed by atoms with Gasteiger partial charge in [-0.25, -0.2) is 4.79 Å². The molecule has 5 nitrogen and oxygen atoms in total. The third-order valence-corrected chi connectivity index (χ3v) is 2.92. The normalized spacial score (nSPS) is 13.8. The Morgan fingerprint density at radius 1 is 1.47 bits per heavy atom. The van der Waals surface area contributed by atoms with Crippen LogP contribution in [-0.4, -0.2) is 27.4 Å². The van der Waals surface area contributed by atoms with Gasteiger partial charge in [0.2, 0.25) is 0 Å². The quantitative estimate of drug-likeness (QED) is 0.781. The van der Waals surface area contributed by atoms with Crippen molar-refractivity contribution in [1.82, 2.24) is 0 Å². The third-order valence-electron chi connectivity index (χ3n) is 2.23. The molecule has 0 saturated heterocycles.